The van der Waals surface area contributed by atoms with Gasteiger partial charge in [0.1, 0.15) is 0 Å². The lowest BCUT2D eigenvalue weighted by Gasteiger charge is -2.34. The van der Waals surface area contributed by atoms with Crippen molar-refractivity contribution in [2.75, 3.05) is 32.7 Å². The van der Waals surface area contributed by atoms with Crippen LogP contribution in [0.15, 0.2) is 42.6 Å². The molecule has 1 amide bonds. The molecule has 0 N–H and O–H groups in total. The Kier molecular flexibility index (Phi) is 5.53. The quantitative estimate of drug-likeness (QED) is 0.662. The minimum absolute atomic E-state index is 0.109. The predicted octanol–water partition coefficient (Wildman–Crippen LogP) is 3.14. The van der Waals surface area contributed by atoms with E-state index >= 15 is 0 Å². The lowest BCUT2D eigenvalue weighted by Crippen LogP contribution is -2.49. The van der Waals surface area contributed by atoms with Crippen LogP contribution in [0.25, 0.3) is 22.3 Å². The summed E-state index contributed by atoms with van der Waals surface area (Å²) < 4.78 is 27.0. The first-order chi connectivity index (χ1) is 14.1. The van der Waals surface area contributed by atoms with Gasteiger partial charge in [0, 0.05) is 38.3 Å². The molecule has 0 spiro atoms. The molecule has 0 radical (unpaired) electrons. The second-order valence-corrected chi connectivity index (χ2v) is 7.10. The Hall–Kier alpha value is -2.87. The third-order valence-electron chi connectivity index (χ3n) is 5.26. The average molecular weight is 399 g/mol. The summed E-state index contributed by atoms with van der Waals surface area (Å²) >= 11 is 0. The van der Waals surface area contributed by atoms with Crippen molar-refractivity contribution in [1.82, 2.24) is 24.6 Å². The topological polar surface area (TPSA) is 54.3 Å². The van der Waals surface area contributed by atoms with Gasteiger partial charge in [0.05, 0.1) is 29.4 Å². The molecule has 1 aromatic carbocycles. The van der Waals surface area contributed by atoms with E-state index in [0.29, 0.717) is 55.0 Å². The van der Waals surface area contributed by atoms with E-state index < -0.39 is 6.43 Å². The number of aryl methyl sites for hydroxylation is 1. The van der Waals surface area contributed by atoms with Crippen LogP contribution in [0, 0.1) is 0 Å². The van der Waals surface area contributed by atoms with Crippen LogP contribution in [-0.2, 0) is 6.54 Å². The largest absolute Gasteiger partial charge is 0.336 e. The molecule has 0 bridgehead atoms. The Morgan fingerprint density at radius 3 is 2.52 bits per heavy atom. The molecule has 152 valence electrons. The van der Waals surface area contributed by atoms with Crippen molar-refractivity contribution < 1.29 is 13.6 Å². The van der Waals surface area contributed by atoms with Crippen LogP contribution in [0.2, 0.25) is 0 Å². The van der Waals surface area contributed by atoms with Gasteiger partial charge in [-0.1, -0.05) is 30.3 Å². The fraction of sp³-hybridized carbons (Fsp3) is 0.381. The zero-order valence-corrected chi connectivity index (χ0v) is 16.3. The van der Waals surface area contributed by atoms with E-state index in [0.717, 1.165) is 5.56 Å². The van der Waals surface area contributed by atoms with Crippen molar-refractivity contribution in [2.45, 2.75) is 19.9 Å². The Morgan fingerprint density at radius 1 is 1.14 bits per heavy atom. The number of alkyl halides is 2. The summed E-state index contributed by atoms with van der Waals surface area (Å²) in [7, 11) is 0. The third-order valence-corrected chi connectivity index (χ3v) is 5.26. The van der Waals surface area contributed by atoms with Gasteiger partial charge in [-0.2, -0.15) is 5.10 Å². The smallest absolute Gasteiger partial charge is 0.254 e. The van der Waals surface area contributed by atoms with E-state index in [1.54, 1.807) is 20.7 Å². The summed E-state index contributed by atoms with van der Waals surface area (Å²) in [5.74, 6) is -0.109. The van der Waals surface area contributed by atoms with Gasteiger partial charge < -0.3 is 4.90 Å². The molecule has 4 rings (SSSR count). The van der Waals surface area contributed by atoms with Gasteiger partial charge in [-0.25, -0.2) is 18.4 Å². The van der Waals surface area contributed by atoms with Crippen molar-refractivity contribution in [3.63, 3.8) is 0 Å². The van der Waals surface area contributed by atoms with Crippen LogP contribution in [0.1, 0.15) is 17.3 Å². The Bertz CT molecular complexity index is 997. The van der Waals surface area contributed by atoms with E-state index in [2.05, 4.69) is 5.10 Å². The number of hydrogen-bond donors (Lipinski definition) is 0. The molecule has 29 heavy (non-hydrogen) atoms. The number of carbonyl (C=O) groups excluding carboxylic acids is 1. The van der Waals surface area contributed by atoms with Crippen molar-refractivity contribution in [1.29, 1.82) is 0 Å². The minimum atomic E-state index is -2.36. The Labute approximate surface area is 167 Å². The van der Waals surface area contributed by atoms with E-state index in [-0.39, 0.29) is 12.5 Å². The molecule has 1 aliphatic rings. The molecule has 2 aromatic heterocycles. The van der Waals surface area contributed by atoms with Crippen molar-refractivity contribution in [3.05, 3.63) is 48.2 Å². The zero-order chi connectivity index (χ0) is 20.4. The predicted molar refractivity (Wildman–Crippen MR) is 107 cm³/mol. The van der Waals surface area contributed by atoms with E-state index in [4.69, 9.17) is 4.98 Å². The summed E-state index contributed by atoms with van der Waals surface area (Å²) in [6.07, 6.45) is -0.675. The standard InChI is InChI=1S/C21H23F2N5O/c1-2-28-20-17(13-24-28)16(12-18(25-20)15-6-4-3-5-7-15)21(29)27-10-8-26(9-11-27)14-19(22)23/h3-7,12-13,19H,2,8-11,14H2,1H3. The molecule has 1 fully saturated rings. The Morgan fingerprint density at radius 2 is 1.86 bits per heavy atom. The lowest BCUT2D eigenvalue weighted by molar-refractivity contribution is 0.0460. The van der Waals surface area contributed by atoms with Gasteiger partial charge in [0.2, 0.25) is 0 Å². The molecular formula is C21H23F2N5O. The maximum atomic E-state index is 13.3. The highest BCUT2D eigenvalue weighted by Gasteiger charge is 2.26. The number of benzene rings is 1. The minimum Gasteiger partial charge on any atom is -0.336 e. The number of aromatic nitrogens is 3. The highest BCUT2D eigenvalue weighted by molar-refractivity contribution is 6.06. The molecule has 1 saturated heterocycles. The number of nitrogens with zero attached hydrogens (tertiary/aromatic N) is 5. The highest BCUT2D eigenvalue weighted by atomic mass is 19.3. The zero-order valence-electron chi connectivity index (χ0n) is 16.3. The van der Waals surface area contributed by atoms with Gasteiger partial charge in [0.25, 0.3) is 12.3 Å². The SMILES string of the molecule is CCn1ncc2c(C(=O)N3CCN(CC(F)F)CC3)cc(-c3ccccc3)nc21. The molecule has 0 saturated carbocycles. The fourth-order valence-corrected chi connectivity index (χ4v) is 3.71. The summed E-state index contributed by atoms with van der Waals surface area (Å²) in [5, 5.41) is 5.09. The maximum absolute atomic E-state index is 13.3. The summed E-state index contributed by atoms with van der Waals surface area (Å²) in [4.78, 5) is 21.5. The monoisotopic (exact) mass is 399 g/mol. The van der Waals surface area contributed by atoms with E-state index in [1.165, 1.54) is 0 Å². The third kappa shape index (κ3) is 3.98. The van der Waals surface area contributed by atoms with Gasteiger partial charge in [-0.15, -0.1) is 0 Å². The van der Waals surface area contributed by atoms with E-state index in [1.807, 2.05) is 43.3 Å². The normalized spacial score (nSPS) is 15.4. The molecule has 6 nitrogen and oxygen atoms in total. The second kappa shape index (κ2) is 8.24. The second-order valence-electron chi connectivity index (χ2n) is 7.10. The van der Waals surface area contributed by atoms with Crippen molar-refractivity contribution >= 4 is 16.9 Å². The number of rotatable bonds is 5. The summed E-state index contributed by atoms with van der Waals surface area (Å²) in [6.45, 7) is 4.13. The van der Waals surface area contributed by atoms with Crippen LogP contribution >= 0.6 is 0 Å². The molecule has 1 aliphatic heterocycles. The Balaban J connectivity index is 1.67. The highest BCUT2D eigenvalue weighted by Crippen LogP contribution is 2.26. The van der Waals surface area contributed by atoms with Crippen molar-refractivity contribution in [3.8, 4) is 11.3 Å². The lowest BCUT2D eigenvalue weighted by atomic mass is 10.1. The fourth-order valence-electron chi connectivity index (χ4n) is 3.71. The number of halogens is 2. The van der Waals surface area contributed by atoms with Crippen LogP contribution in [0.4, 0.5) is 8.78 Å². The van der Waals surface area contributed by atoms with Crippen LogP contribution in [-0.4, -0.2) is 69.6 Å². The van der Waals surface area contributed by atoms with Gasteiger partial charge >= 0.3 is 0 Å². The molecule has 0 unspecified atom stereocenters. The average Bonchev–Trinajstić information content (AvgIpc) is 3.16. The van der Waals surface area contributed by atoms with Crippen LogP contribution < -0.4 is 0 Å². The number of pyridine rings is 1. The van der Waals surface area contributed by atoms with Crippen LogP contribution in [0.3, 0.4) is 0 Å². The molecule has 3 heterocycles. The summed E-state index contributed by atoms with van der Waals surface area (Å²) in [5.41, 5.74) is 2.87. The maximum Gasteiger partial charge on any atom is 0.254 e. The molecule has 8 heteroatoms. The first-order valence-electron chi connectivity index (χ1n) is 9.78. The first-order valence-corrected chi connectivity index (χ1v) is 9.78. The number of amides is 1. The van der Waals surface area contributed by atoms with Crippen LogP contribution in [0.5, 0.6) is 0 Å². The molecule has 0 atom stereocenters. The van der Waals surface area contributed by atoms with Gasteiger partial charge in [-0.05, 0) is 13.0 Å². The van der Waals surface area contributed by atoms with E-state index in [9.17, 15) is 13.6 Å². The molecule has 0 aliphatic carbocycles. The number of hydrogen-bond acceptors (Lipinski definition) is 4. The van der Waals surface area contributed by atoms with Crippen molar-refractivity contribution in [2.24, 2.45) is 0 Å². The number of carbonyl (C=O) groups is 1. The van der Waals surface area contributed by atoms with Gasteiger partial charge in [-0.3, -0.25) is 9.69 Å². The van der Waals surface area contributed by atoms with Gasteiger partial charge in [0.15, 0.2) is 5.65 Å². The molecule has 3 aromatic rings. The summed E-state index contributed by atoms with van der Waals surface area (Å²) in [6, 6.07) is 11.5. The number of fused-ring (bicyclic) bond motifs is 1. The molecular weight excluding hydrogens is 376 g/mol. The first kappa shape index (κ1) is 19.4. The number of piperazine rings is 1.